The maximum atomic E-state index is 13.7. The van der Waals surface area contributed by atoms with Crippen LogP contribution >= 0.6 is 0 Å². The first kappa shape index (κ1) is 21.6. The molecule has 7 rings (SSSR count). The average molecular weight is 450 g/mol. The van der Waals surface area contributed by atoms with E-state index in [0.717, 1.165) is 82.6 Å². The number of rotatable bonds is 4. The number of hydrogen-bond donors (Lipinski definition) is 0. The maximum Gasteiger partial charge on any atom is 0.228 e. The molecule has 1 aromatic carbocycles. The molecule has 2 heterocycles. The lowest BCUT2D eigenvalue weighted by atomic mass is 9.49. The van der Waals surface area contributed by atoms with Gasteiger partial charge in [-0.05, 0) is 81.2 Å². The molecule has 1 atom stereocenters. The fourth-order valence-corrected chi connectivity index (χ4v) is 8.34. The molecule has 4 aliphatic carbocycles. The molecule has 0 aromatic heterocycles. The second kappa shape index (κ2) is 8.72. The van der Waals surface area contributed by atoms with Gasteiger partial charge in [-0.2, -0.15) is 0 Å². The molecule has 5 heteroatoms. The van der Waals surface area contributed by atoms with Crippen LogP contribution < -0.4 is 0 Å². The molecule has 178 valence electrons. The van der Waals surface area contributed by atoms with Gasteiger partial charge < -0.3 is 9.80 Å². The van der Waals surface area contributed by atoms with E-state index in [2.05, 4.69) is 45.0 Å². The third-order valence-electron chi connectivity index (χ3n) is 9.47. The molecule has 1 aromatic rings. The molecule has 5 nitrogen and oxygen atoms in total. The Morgan fingerprint density at radius 2 is 1.42 bits per heavy atom. The average Bonchev–Trinajstić information content (AvgIpc) is 2.83. The Hall–Kier alpha value is -1.88. The number of hydrogen-bond acceptors (Lipinski definition) is 3. The summed E-state index contributed by atoms with van der Waals surface area (Å²) in [6.07, 6.45) is 9.61. The zero-order valence-electron chi connectivity index (χ0n) is 20.0. The predicted molar refractivity (Wildman–Crippen MR) is 128 cm³/mol. The first-order valence-electron chi connectivity index (χ1n) is 13.4. The van der Waals surface area contributed by atoms with Gasteiger partial charge in [-0.1, -0.05) is 30.3 Å². The van der Waals surface area contributed by atoms with E-state index >= 15 is 0 Å². The number of carbonyl (C=O) groups excluding carboxylic acids is 2. The summed E-state index contributed by atoms with van der Waals surface area (Å²) in [5.74, 6) is 3.25. The molecular formula is C28H39N3O2. The summed E-state index contributed by atoms with van der Waals surface area (Å²) in [7, 11) is 0. The zero-order chi connectivity index (χ0) is 22.4. The summed E-state index contributed by atoms with van der Waals surface area (Å²) in [4.78, 5) is 33.6. The van der Waals surface area contributed by atoms with Gasteiger partial charge >= 0.3 is 0 Å². The molecular weight excluding hydrogens is 410 g/mol. The molecule has 2 saturated heterocycles. The number of piperazine rings is 1. The minimum Gasteiger partial charge on any atom is -0.339 e. The van der Waals surface area contributed by atoms with Gasteiger partial charge in [-0.15, -0.1) is 0 Å². The topological polar surface area (TPSA) is 43.9 Å². The van der Waals surface area contributed by atoms with Crippen LogP contribution in [0, 0.1) is 29.1 Å². The van der Waals surface area contributed by atoms with E-state index in [1.54, 1.807) is 0 Å². The second-order valence-electron chi connectivity index (χ2n) is 11.9. The van der Waals surface area contributed by atoms with Gasteiger partial charge in [0.2, 0.25) is 11.8 Å². The Kier molecular flexibility index (Phi) is 5.72. The summed E-state index contributed by atoms with van der Waals surface area (Å²) in [6.45, 7) is 5.75. The summed E-state index contributed by atoms with van der Waals surface area (Å²) in [5.41, 5.74) is 1.27. The van der Waals surface area contributed by atoms with Gasteiger partial charge in [0.15, 0.2) is 0 Å². The zero-order valence-corrected chi connectivity index (χ0v) is 20.0. The molecule has 4 bridgehead atoms. The summed E-state index contributed by atoms with van der Waals surface area (Å²) in [5, 5.41) is 0. The van der Waals surface area contributed by atoms with E-state index in [0.29, 0.717) is 24.9 Å². The molecule has 4 saturated carbocycles. The molecule has 2 aliphatic heterocycles. The van der Waals surface area contributed by atoms with Gasteiger partial charge in [0.05, 0.1) is 11.3 Å². The Balaban J connectivity index is 1.03. The van der Waals surface area contributed by atoms with Crippen molar-refractivity contribution in [2.24, 2.45) is 29.1 Å². The van der Waals surface area contributed by atoms with E-state index in [4.69, 9.17) is 0 Å². The first-order chi connectivity index (χ1) is 16.1. The number of amides is 2. The van der Waals surface area contributed by atoms with Crippen molar-refractivity contribution in [1.82, 2.24) is 14.7 Å². The number of piperidine rings is 1. The van der Waals surface area contributed by atoms with Crippen molar-refractivity contribution in [3.05, 3.63) is 35.9 Å². The third kappa shape index (κ3) is 4.22. The van der Waals surface area contributed by atoms with Gasteiger partial charge in [0.1, 0.15) is 0 Å². The number of nitrogens with zero attached hydrogens (tertiary/aromatic N) is 3. The Morgan fingerprint density at radius 3 is 2.06 bits per heavy atom. The van der Waals surface area contributed by atoms with Crippen molar-refractivity contribution in [2.75, 3.05) is 39.3 Å². The number of carbonyl (C=O) groups is 2. The van der Waals surface area contributed by atoms with Gasteiger partial charge in [0.25, 0.3) is 0 Å². The van der Waals surface area contributed by atoms with E-state index in [9.17, 15) is 9.59 Å². The fraction of sp³-hybridized carbons (Fsp3) is 0.714. The van der Waals surface area contributed by atoms with Gasteiger partial charge in [-0.25, -0.2) is 0 Å². The van der Waals surface area contributed by atoms with Crippen LogP contribution in [-0.4, -0.2) is 65.8 Å². The Bertz CT molecular complexity index is 841. The smallest absolute Gasteiger partial charge is 0.228 e. The molecule has 0 radical (unpaired) electrons. The van der Waals surface area contributed by atoms with Crippen LogP contribution in [0.3, 0.4) is 0 Å². The lowest BCUT2D eigenvalue weighted by Crippen LogP contribution is -2.59. The monoisotopic (exact) mass is 449 g/mol. The van der Waals surface area contributed by atoms with Crippen LogP contribution in [0.25, 0.3) is 0 Å². The van der Waals surface area contributed by atoms with Crippen LogP contribution in [-0.2, 0) is 16.1 Å². The molecule has 1 unspecified atom stereocenters. The fourth-order valence-electron chi connectivity index (χ4n) is 8.34. The second-order valence-corrected chi connectivity index (χ2v) is 11.9. The summed E-state index contributed by atoms with van der Waals surface area (Å²) >= 11 is 0. The van der Waals surface area contributed by atoms with Gasteiger partial charge in [-0.3, -0.25) is 14.5 Å². The van der Waals surface area contributed by atoms with Crippen LogP contribution in [0.4, 0.5) is 0 Å². The van der Waals surface area contributed by atoms with Crippen LogP contribution in [0.5, 0.6) is 0 Å². The summed E-state index contributed by atoms with van der Waals surface area (Å²) < 4.78 is 0. The normalized spacial score (nSPS) is 36.2. The van der Waals surface area contributed by atoms with Crippen molar-refractivity contribution < 1.29 is 9.59 Å². The molecule has 0 spiro atoms. The lowest BCUT2D eigenvalue weighted by molar-refractivity contribution is -0.161. The Morgan fingerprint density at radius 1 is 0.818 bits per heavy atom. The highest BCUT2D eigenvalue weighted by Crippen LogP contribution is 2.60. The maximum absolute atomic E-state index is 13.7. The largest absolute Gasteiger partial charge is 0.339 e. The predicted octanol–water partition coefficient (Wildman–Crippen LogP) is 3.79. The van der Waals surface area contributed by atoms with Crippen molar-refractivity contribution in [3.63, 3.8) is 0 Å². The van der Waals surface area contributed by atoms with Gasteiger partial charge in [0, 0.05) is 39.3 Å². The highest BCUT2D eigenvalue weighted by Gasteiger charge is 2.55. The van der Waals surface area contributed by atoms with Crippen LogP contribution in [0.1, 0.15) is 56.9 Å². The Labute approximate surface area is 198 Å². The van der Waals surface area contributed by atoms with Crippen molar-refractivity contribution in [1.29, 1.82) is 0 Å². The number of likely N-dealkylation sites (tertiary alicyclic amines) is 1. The van der Waals surface area contributed by atoms with E-state index in [1.807, 2.05) is 0 Å². The van der Waals surface area contributed by atoms with Crippen LogP contribution in [0.2, 0.25) is 0 Å². The van der Waals surface area contributed by atoms with Crippen molar-refractivity contribution in [2.45, 2.75) is 57.9 Å². The van der Waals surface area contributed by atoms with Crippen LogP contribution in [0.15, 0.2) is 30.3 Å². The van der Waals surface area contributed by atoms with E-state index in [1.165, 1.54) is 24.8 Å². The minimum atomic E-state index is -0.0533. The quantitative estimate of drug-likeness (QED) is 0.703. The summed E-state index contributed by atoms with van der Waals surface area (Å²) in [6, 6.07) is 10.6. The number of benzene rings is 1. The molecule has 0 N–H and O–H groups in total. The standard InChI is InChI=1S/C28H39N3O2/c32-26(25-7-4-8-29(20-25)19-21-5-2-1-3-6-21)30-9-11-31(12-10-30)27(33)28-16-22-13-23(17-28)15-24(14-22)18-28/h1-3,5-6,22-25H,4,7-20H2. The third-order valence-corrected chi connectivity index (χ3v) is 9.47. The van der Waals surface area contributed by atoms with Crippen molar-refractivity contribution in [3.8, 4) is 0 Å². The first-order valence-corrected chi connectivity index (χ1v) is 13.4. The molecule has 33 heavy (non-hydrogen) atoms. The molecule has 6 fully saturated rings. The highest BCUT2D eigenvalue weighted by molar-refractivity contribution is 5.84. The van der Waals surface area contributed by atoms with E-state index < -0.39 is 0 Å². The minimum absolute atomic E-state index is 0.0533. The molecule has 2 amide bonds. The lowest BCUT2D eigenvalue weighted by Gasteiger charge is -2.57. The SMILES string of the molecule is O=C(C1CCCN(Cc2ccccc2)C1)N1CCN(C(=O)C23CC4CC(CC(C4)C2)C3)CC1. The highest BCUT2D eigenvalue weighted by atomic mass is 16.2. The van der Waals surface area contributed by atoms with E-state index in [-0.39, 0.29) is 11.3 Å². The van der Waals surface area contributed by atoms with Crippen molar-refractivity contribution >= 4 is 11.8 Å². The molecule has 6 aliphatic rings.